The topological polar surface area (TPSA) is 76.1 Å². The van der Waals surface area contributed by atoms with E-state index in [0.717, 1.165) is 12.0 Å². The lowest BCUT2D eigenvalue weighted by Crippen LogP contribution is -2.52. The molecule has 24 heavy (non-hydrogen) atoms. The van der Waals surface area contributed by atoms with Crippen LogP contribution in [0.2, 0.25) is 0 Å². The molecule has 1 N–H and O–H groups in total. The third-order valence-corrected chi connectivity index (χ3v) is 4.78. The first-order valence-electron chi connectivity index (χ1n) is 8.09. The molecular weight excluding hydrogens is 310 g/mol. The summed E-state index contributed by atoms with van der Waals surface area (Å²) in [6, 6.07) is 5.55. The van der Waals surface area contributed by atoms with Crippen LogP contribution in [0.3, 0.4) is 0 Å². The minimum absolute atomic E-state index is 0.118. The predicted octanol–water partition coefficient (Wildman–Crippen LogP) is 2.35. The van der Waals surface area contributed by atoms with Crippen molar-refractivity contribution < 1.29 is 24.2 Å². The standard InChI is InChI=1S/C18H25NO5/c1-12(10-13-6-7-14(23-3)15(11-13)24-4)16(20)19-9-5-8-18(19,2)17(21)22/h6-7,11-12H,5,8-10H2,1-4H3,(H,21,22). The molecule has 0 bridgehead atoms. The molecule has 6 nitrogen and oxygen atoms in total. The van der Waals surface area contributed by atoms with Crippen molar-refractivity contribution in [3.8, 4) is 11.5 Å². The van der Waals surface area contributed by atoms with Gasteiger partial charge in [0.25, 0.3) is 0 Å². The fourth-order valence-corrected chi connectivity index (χ4v) is 3.25. The Hall–Kier alpha value is -2.24. The van der Waals surface area contributed by atoms with Gasteiger partial charge in [0.15, 0.2) is 11.5 Å². The summed E-state index contributed by atoms with van der Waals surface area (Å²) in [5, 5.41) is 9.46. The molecule has 1 aliphatic rings. The van der Waals surface area contributed by atoms with Crippen molar-refractivity contribution in [3.63, 3.8) is 0 Å². The van der Waals surface area contributed by atoms with Crippen LogP contribution in [0.1, 0.15) is 32.3 Å². The third kappa shape index (κ3) is 3.32. The Bertz CT molecular complexity index is 630. The van der Waals surface area contributed by atoms with E-state index in [1.54, 1.807) is 21.1 Å². The highest BCUT2D eigenvalue weighted by molar-refractivity contribution is 5.88. The second-order valence-electron chi connectivity index (χ2n) is 6.47. The maximum Gasteiger partial charge on any atom is 0.329 e. The van der Waals surface area contributed by atoms with Gasteiger partial charge in [0.2, 0.25) is 5.91 Å². The number of hydrogen-bond donors (Lipinski definition) is 1. The van der Waals surface area contributed by atoms with Crippen molar-refractivity contribution >= 4 is 11.9 Å². The highest BCUT2D eigenvalue weighted by atomic mass is 16.5. The summed E-state index contributed by atoms with van der Waals surface area (Å²) < 4.78 is 10.5. The van der Waals surface area contributed by atoms with Gasteiger partial charge in [0, 0.05) is 12.5 Å². The molecule has 2 atom stereocenters. The number of hydrogen-bond acceptors (Lipinski definition) is 4. The maximum absolute atomic E-state index is 12.8. The summed E-state index contributed by atoms with van der Waals surface area (Å²) in [7, 11) is 3.14. The second-order valence-corrected chi connectivity index (χ2v) is 6.47. The normalized spacial score (nSPS) is 21.4. The number of ether oxygens (including phenoxy) is 2. The number of nitrogens with zero attached hydrogens (tertiary/aromatic N) is 1. The van der Waals surface area contributed by atoms with Crippen molar-refractivity contribution in [2.75, 3.05) is 20.8 Å². The Kier molecular flexibility index (Phi) is 5.36. The van der Waals surface area contributed by atoms with Gasteiger partial charge in [0.05, 0.1) is 14.2 Å². The van der Waals surface area contributed by atoms with E-state index >= 15 is 0 Å². The third-order valence-electron chi connectivity index (χ3n) is 4.78. The van der Waals surface area contributed by atoms with E-state index in [9.17, 15) is 14.7 Å². The summed E-state index contributed by atoms with van der Waals surface area (Å²) in [6.45, 7) is 3.96. The Morgan fingerprint density at radius 3 is 2.54 bits per heavy atom. The van der Waals surface area contributed by atoms with Crippen LogP contribution in [-0.2, 0) is 16.0 Å². The van der Waals surface area contributed by atoms with Crippen LogP contribution in [-0.4, -0.2) is 48.2 Å². The Balaban J connectivity index is 2.13. The molecule has 1 amide bonds. The van der Waals surface area contributed by atoms with Gasteiger partial charge in [-0.15, -0.1) is 0 Å². The number of carboxylic acid groups (broad SMARTS) is 1. The molecule has 0 saturated carbocycles. The summed E-state index contributed by atoms with van der Waals surface area (Å²) in [6.07, 6.45) is 1.74. The molecule has 1 fully saturated rings. The minimum Gasteiger partial charge on any atom is -0.493 e. The average molecular weight is 335 g/mol. The lowest BCUT2D eigenvalue weighted by Gasteiger charge is -2.33. The summed E-state index contributed by atoms with van der Waals surface area (Å²) >= 11 is 0. The van der Waals surface area contributed by atoms with Gasteiger partial charge in [0.1, 0.15) is 5.54 Å². The van der Waals surface area contributed by atoms with Crippen LogP contribution in [0.25, 0.3) is 0 Å². The smallest absolute Gasteiger partial charge is 0.329 e. The molecule has 0 aliphatic carbocycles. The SMILES string of the molecule is COc1ccc(CC(C)C(=O)N2CCCC2(C)C(=O)O)cc1OC. The molecule has 1 saturated heterocycles. The number of carbonyl (C=O) groups excluding carboxylic acids is 1. The van der Waals surface area contributed by atoms with Gasteiger partial charge in [-0.1, -0.05) is 13.0 Å². The molecule has 0 radical (unpaired) electrons. The number of aliphatic carboxylic acids is 1. The average Bonchev–Trinajstić information content (AvgIpc) is 2.97. The van der Waals surface area contributed by atoms with Crippen LogP contribution in [0.15, 0.2) is 18.2 Å². The van der Waals surface area contributed by atoms with Gasteiger partial charge in [-0.3, -0.25) is 4.79 Å². The number of carboxylic acids is 1. The quantitative estimate of drug-likeness (QED) is 0.863. The molecule has 132 valence electrons. The summed E-state index contributed by atoms with van der Waals surface area (Å²) in [5.74, 6) is -0.108. The first-order valence-corrected chi connectivity index (χ1v) is 8.09. The highest BCUT2D eigenvalue weighted by Gasteiger charge is 2.46. The van der Waals surface area contributed by atoms with E-state index in [2.05, 4.69) is 0 Å². The number of amides is 1. The second kappa shape index (κ2) is 7.11. The molecule has 1 aliphatic heterocycles. The van der Waals surface area contributed by atoms with Crippen LogP contribution in [0, 0.1) is 5.92 Å². The van der Waals surface area contributed by atoms with E-state index in [1.165, 1.54) is 4.90 Å². The van der Waals surface area contributed by atoms with E-state index in [0.29, 0.717) is 30.9 Å². The van der Waals surface area contributed by atoms with Crippen LogP contribution in [0.5, 0.6) is 11.5 Å². The monoisotopic (exact) mass is 335 g/mol. The van der Waals surface area contributed by atoms with Crippen LogP contribution < -0.4 is 9.47 Å². The van der Waals surface area contributed by atoms with Crippen molar-refractivity contribution in [2.24, 2.45) is 5.92 Å². The van der Waals surface area contributed by atoms with Crippen molar-refractivity contribution in [1.29, 1.82) is 0 Å². The van der Waals surface area contributed by atoms with E-state index < -0.39 is 11.5 Å². The van der Waals surface area contributed by atoms with Gasteiger partial charge in [-0.25, -0.2) is 4.79 Å². The Morgan fingerprint density at radius 2 is 1.96 bits per heavy atom. The van der Waals surface area contributed by atoms with Crippen molar-refractivity contribution in [1.82, 2.24) is 4.90 Å². The minimum atomic E-state index is -1.09. The number of benzene rings is 1. The summed E-state index contributed by atoms with van der Waals surface area (Å²) in [5.41, 5.74) is -0.145. The lowest BCUT2D eigenvalue weighted by molar-refractivity contribution is -0.156. The predicted molar refractivity (Wildman–Crippen MR) is 89.4 cm³/mol. The van der Waals surface area contributed by atoms with Crippen molar-refractivity contribution in [3.05, 3.63) is 23.8 Å². The van der Waals surface area contributed by atoms with Crippen molar-refractivity contribution in [2.45, 2.75) is 38.6 Å². The zero-order chi connectivity index (χ0) is 17.9. The largest absolute Gasteiger partial charge is 0.493 e. The fraction of sp³-hybridized carbons (Fsp3) is 0.556. The molecule has 6 heteroatoms. The highest BCUT2D eigenvalue weighted by Crippen LogP contribution is 2.32. The number of rotatable bonds is 6. The molecule has 0 spiro atoms. The number of likely N-dealkylation sites (tertiary alicyclic amines) is 1. The van der Waals surface area contributed by atoms with Gasteiger partial charge in [-0.2, -0.15) is 0 Å². The Labute approximate surface area is 142 Å². The van der Waals surface area contributed by atoms with Gasteiger partial charge >= 0.3 is 5.97 Å². The molecule has 1 aromatic carbocycles. The van der Waals surface area contributed by atoms with Crippen LogP contribution in [0.4, 0.5) is 0 Å². The zero-order valence-corrected chi connectivity index (χ0v) is 14.7. The van der Waals surface area contributed by atoms with Gasteiger partial charge in [-0.05, 0) is 43.9 Å². The molecule has 1 aromatic rings. The maximum atomic E-state index is 12.8. The summed E-state index contributed by atoms with van der Waals surface area (Å²) in [4.78, 5) is 25.8. The Morgan fingerprint density at radius 1 is 1.29 bits per heavy atom. The zero-order valence-electron chi connectivity index (χ0n) is 14.7. The number of carbonyl (C=O) groups is 2. The molecular formula is C18H25NO5. The first kappa shape index (κ1) is 18.1. The lowest BCUT2D eigenvalue weighted by atomic mass is 9.95. The molecule has 2 unspecified atom stereocenters. The van der Waals surface area contributed by atoms with E-state index in [4.69, 9.17) is 9.47 Å². The van der Waals surface area contributed by atoms with E-state index in [-0.39, 0.29) is 11.8 Å². The van der Waals surface area contributed by atoms with Gasteiger partial charge < -0.3 is 19.5 Å². The van der Waals surface area contributed by atoms with Crippen LogP contribution >= 0.6 is 0 Å². The number of methoxy groups -OCH3 is 2. The molecule has 0 aromatic heterocycles. The molecule has 2 rings (SSSR count). The van der Waals surface area contributed by atoms with E-state index in [1.807, 2.05) is 25.1 Å². The molecule has 1 heterocycles. The fourth-order valence-electron chi connectivity index (χ4n) is 3.25. The first-order chi connectivity index (χ1) is 11.3.